The Morgan fingerprint density at radius 3 is 2.36 bits per heavy atom. The zero-order valence-corrected chi connectivity index (χ0v) is 17.4. The molecule has 166 valence electrons. The fourth-order valence-corrected chi connectivity index (χ4v) is 3.31. The van der Waals surface area contributed by atoms with Gasteiger partial charge in [0.25, 0.3) is 0 Å². The van der Waals surface area contributed by atoms with Gasteiger partial charge < -0.3 is 21.5 Å². The van der Waals surface area contributed by atoms with Crippen molar-refractivity contribution in [1.29, 1.82) is 0 Å². The van der Waals surface area contributed by atoms with Crippen molar-refractivity contribution in [1.82, 2.24) is 9.97 Å². The number of anilines is 1. The highest BCUT2D eigenvalue weighted by atomic mass is 19.1. The predicted octanol–water partition coefficient (Wildman–Crippen LogP) is 3.37. The van der Waals surface area contributed by atoms with E-state index in [-0.39, 0.29) is 18.2 Å². The summed E-state index contributed by atoms with van der Waals surface area (Å²) in [6, 6.07) is 19.2. The van der Waals surface area contributed by atoms with E-state index in [0.717, 1.165) is 5.39 Å². The topological polar surface area (TPSA) is 133 Å². The van der Waals surface area contributed by atoms with Crippen LogP contribution in [0.1, 0.15) is 6.42 Å². The number of nitrogens with two attached hydrogens (primary N) is 2. The second-order valence-electron chi connectivity index (χ2n) is 7.23. The van der Waals surface area contributed by atoms with E-state index in [4.69, 9.17) is 16.2 Å². The van der Waals surface area contributed by atoms with Crippen LogP contribution in [0.3, 0.4) is 0 Å². The molecule has 3 aromatic carbocycles. The van der Waals surface area contributed by atoms with Gasteiger partial charge in [-0.05, 0) is 42.5 Å². The normalized spacial score (nSPS) is 11.7. The van der Waals surface area contributed by atoms with Gasteiger partial charge in [-0.2, -0.15) is 0 Å². The molecule has 0 saturated heterocycles. The largest absolute Gasteiger partial charge is 0.457 e. The Morgan fingerprint density at radius 2 is 1.64 bits per heavy atom. The minimum Gasteiger partial charge on any atom is -0.457 e. The lowest BCUT2D eigenvalue weighted by atomic mass is 10.1. The number of halogens is 1. The minimum atomic E-state index is -1.07. The minimum absolute atomic E-state index is 0.102. The number of carbonyl (C=O) groups is 2. The van der Waals surface area contributed by atoms with Crippen LogP contribution < -0.4 is 21.5 Å². The lowest BCUT2D eigenvalue weighted by Crippen LogP contribution is -2.39. The first-order valence-corrected chi connectivity index (χ1v) is 10.0. The standard InChI is InChI=1S/C24H20FN5O3/c25-14-9-11-15(12-10-14)33-20-8-4-2-6-17(20)22-16-5-1-3-7-18(16)28-24(30-22)29-19(23(27)32)13-21(26)31/h1-12,19H,13H2,(H2,26,31)(H2,27,32)(H,28,29,30). The molecule has 1 unspecified atom stereocenters. The first-order valence-electron chi connectivity index (χ1n) is 10.0. The van der Waals surface area contributed by atoms with Crippen molar-refractivity contribution < 1.29 is 18.7 Å². The van der Waals surface area contributed by atoms with Crippen LogP contribution in [-0.4, -0.2) is 27.8 Å². The fraction of sp³-hybridized carbons (Fsp3) is 0.0833. The summed E-state index contributed by atoms with van der Waals surface area (Å²) in [4.78, 5) is 32.2. The van der Waals surface area contributed by atoms with E-state index in [1.165, 1.54) is 24.3 Å². The molecule has 9 heteroatoms. The number of primary amides is 2. The Hall–Kier alpha value is -4.53. The number of aromatic nitrogens is 2. The van der Waals surface area contributed by atoms with Crippen molar-refractivity contribution in [2.45, 2.75) is 12.5 Å². The number of para-hydroxylation sites is 2. The summed E-state index contributed by atoms with van der Waals surface area (Å²) in [6.45, 7) is 0. The Bertz CT molecular complexity index is 1330. The lowest BCUT2D eigenvalue weighted by Gasteiger charge is -2.17. The highest BCUT2D eigenvalue weighted by Crippen LogP contribution is 2.36. The van der Waals surface area contributed by atoms with Crippen molar-refractivity contribution in [3.05, 3.63) is 78.6 Å². The van der Waals surface area contributed by atoms with E-state index >= 15 is 0 Å². The Balaban J connectivity index is 1.80. The number of hydrogen-bond acceptors (Lipinski definition) is 6. The number of hydrogen-bond donors (Lipinski definition) is 3. The molecule has 0 aliphatic rings. The van der Waals surface area contributed by atoms with Gasteiger partial charge in [0.15, 0.2) is 0 Å². The van der Waals surface area contributed by atoms with E-state index in [2.05, 4.69) is 15.3 Å². The number of carbonyl (C=O) groups excluding carboxylic acids is 2. The highest BCUT2D eigenvalue weighted by Gasteiger charge is 2.21. The molecule has 0 fully saturated rings. The molecule has 0 saturated carbocycles. The van der Waals surface area contributed by atoms with E-state index in [9.17, 15) is 14.0 Å². The van der Waals surface area contributed by atoms with Gasteiger partial charge in [0.05, 0.1) is 17.6 Å². The van der Waals surface area contributed by atoms with Crippen LogP contribution in [0, 0.1) is 5.82 Å². The van der Waals surface area contributed by atoms with Gasteiger partial charge in [-0.1, -0.05) is 30.3 Å². The van der Waals surface area contributed by atoms with Crippen LogP contribution in [0.25, 0.3) is 22.2 Å². The maximum atomic E-state index is 13.3. The summed E-state index contributed by atoms with van der Waals surface area (Å²) in [6.07, 6.45) is -0.300. The molecular formula is C24H20FN5O3. The van der Waals surface area contributed by atoms with Gasteiger partial charge >= 0.3 is 0 Å². The van der Waals surface area contributed by atoms with Crippen LogP contribution in [-0.2, 0) is 9.59 Å². The number of amides is 2. The molecule has 0 aliphatic heterocycles. The third-order valence-electron chi connectivity index (χ3n) is 4.84. The van der Waals surface area contributed by atoms with Crippen molar-refractivity contribution >= 4 is 28.7 Å². The molecule has 33 heavy (non-hydrogen) atoms. The number of ether oxygens (including phenoxy) is 1. The summed E-state index contributed by atoms with van der Waals surface area (Å²) in [5.41, 5.74) is 12.4. The smallest absolute Gasteiger partial charge is 0.240 e. The zero-order valence-electron chi connectivity index (χ0n) is 17.4. The molecular weight excluding hydrogens is 425 g/mol. The third kappa shape index (κ3) is 5.04. The van der Waals surface area contributed by atoms with Gasteiger partial charge in [0.2, 0.25) is 17.8 Å². The number of nitrogens with one attached hydrogen (secondary N) is 1. The molecule has 1 aromatic heterocycles. The molecule has 0 spiro atoms. The SMILES string of the molecule is NC(=O)CC(Nc1nc(-c2ccccc2Oc2ccc(F)cc2)c2ccccc2n1)C(N)=O. The molecule has 2 amide bonds. The van der Waals surface area contributed by atoms with E-state index < -0.39 is 17.9 Å². The van der Waals surface area contributed by atoms with Crippen molar-refractivity contribution in [2.24, 2.45) is 11.5 Å². The van der Waals surface area contributed by atoms with Crippen LogP contribution in [0.4, 0.5) is 10.3 Å². The van der Waals surface area contributed by atoms with Gasteiger partial charge in [0.1, 0.15) is 23.4 Å². The number of fused-ring (bicyclic) bond motifs is 1. The summed E-state index contributed by atoms with van der Waals surface area (Å²) in [5, 5.41) is 3.55. The summed E-state index contributed by atoms with van der Waals surface area (Å²) in [7, 11) is 0. The first-order chi connectivity index (χ1) is 15.9. The van der Waals surface area contributed by atoms with Gasteiger partial charge in [0, 0.05) is 10.9 Å². The molecule has 4 aromatic rings. The molecule has 1 atom stereocenters. The maximum absolute atomic E-state index is 13.3. The second-order valence-corrected chi connectivity index (χ2v) is 7.23. The van der Waals surface area contributed by atoms with Crippen molar-refractivity contribution in [3.8, 4) is 22.8 Å². The van der Waals surface area contributed by atoms with Crippen LogP contribution in [0.15, 0.2) is 72.8 Å². The van der Waals surface area contributed by atoms with E-state index in [0.29, 0.717) is 28.3 Å². The van der Waals surface area contributed by atoms with Gasteiger partial charge in [-0.25, -0.2) is 14.4 Å². The average Bonchev–Trinajstić information content (AvgIpc) is 2.80. The van der Waals surface area contributed by atoms with E-state index in [1.807, 2.05) is 30.3 Å². The summed E-state index contributed by atoms with van der Waals surface area (Å²) in [5.74, 6) is -0.769. The Labute approximate surface area is 188 Å². The summed E-state index contributed by atoms with van der Waals surface area (Å²) >= 11 is 0. The molecule has 4 rings (SSSR count). The molecule has 1 heterocycles. The number of nitrogens with zero attached hydrogens (tertiary/aromatic N) is 2. The monoisotopic (exact) mass is 445 g/mol. The van der Waals surface area contributed by atoms with Crippen molar-refractivity contribution in [2.75, 3.05) is 5.32 Å². The average molecular weight is 445 g/mol. The predicted molar refractivity (Wildman–Crippen MR) is 122 cm³/mol. The third-order valence-corrected chi connectivity index (χ3v) is 4.84. The number of benzene rings is 3. The van der Waals surface area contributed by atoms with Crippen molar-refractivity contribution in [3.63, 3.8) is 0 Å². The molecule has 5 N–H and O–H groups in total. The van der Waals surface area contributed by atoms with Crippen LogP contribution in [0.2, 0.25) is 0 Å². The summed E-state index contributed by atoms with van der Waals surface area (Å²) < 4.78 is 19.3. The fourth-order valence-electron chi connectivity index (χ4n) is 3.31. The highest BCUT2D eigenvalue weighted by molar-refractivity contribution is 5.95. The molecule has 0 aliphatic carbocycles. The van der Waals surface area contributed by atoms with Gasteiger partial charge in [-0.15, -0.1) is 0 Å². The zero-order chi connectivity index (χ0) is 23.4. The maximum Gasteiger partial charge on any atom is 0.240 e. The van der Waals surface area contributed by atoms with Gasteiger partial charge in [-0.3, -0.25) is 9.59 Å². The lowest BCUT2D eigenvalue weighted by molar-refractivity contribution is -0.123. The quantitative estimate of drug-likeness (QED) is 0.381. The number of rotatable bonds is 8. The first kappa shape index (κ1) is 21.7. The van der Waals surface area contributed by atoms with Crippen LogP contribution in [0.5, 0.6) is 11.5 Å². The second kappa shape index (κ2) is 9.31. The Morgan fingerprint density at radius 1 is 0.939 bits per heavy atom. The van der Waals surface area contributed by atoms with E-state index in [1.54, 1.807) is 18.2 Å². The molecule has 0 bridgehead atoms. The molecule has 8 nitrogen and oxygen atoms in total. The molecule has 0 radical (unpaired) electrons. The Kier molecular flexibility index (Phi) is 6.12. The van der Waals surface area contributed by atoms with Crippen LogP contribution >= 0.6 is 0 Å².